The Hall–Kier alpha value is -2.41. The molecule has 0 saturated heterocycles. The zero-order chi connectivity index (χ0) is 23.4. The van der Waals surface area contributed by atoms with Crippen molar-refractivity contribution in [2.45, 2.75) is 65.5 Å². The van der Waals surface area contributed by atoms with E-state index in [0.29, 0.717) is 28.9 Å². The number of esters is 1. The molecule has 1 aliphatic rings. The van der Waals surface area contributed by atoms with Gasteiger partial charge in [0, 0.05) is 33.9 Å². The van der Waals surface area contributed by atoms with Crippen molar-refractivity contribution in [2.24, 2.45) is 0 Å². The number of benzene rings is 1. The molecule has 1 aliphatic carbocycles. The number of ketones is 1. The van der Waals surface area contributed by atoms with Gasteiger partial charge in [0.15, 0.2) is 5.78 Å². The monoisotopic (exact) mass is 502 g/mol. The highest BCUT2D eigenvalue weighted by Gasteiger charge is 2.32. The number of amides is 1. The zero-order valence-electron chi connectivity index (χ0n) is 19.2. The molecule has 0 N–H and O–H groups in total. The highest BCUT2D eigenvalue weighted by atomic mass is 79.9. The molecule has 1 aromatic carbocycles. The van der Waals surface area contributed by atoms with Gasteiger partial charge in [0.25, 0.3) is 5.91 Å². The van der Waals surface area contributed by atoms with Gasteiger partial charge >= 0.3 is 5.97 Å². The van der Waals surface area contributed by atoms with E-state index in [2.05, 4.69) is 15.9 Å². The molecule has 1 fully saturated rings. The van der Waals surface area contributed by atoms with Crippen molar-refractivity contribution < 1.29 is 19.1 Å². The predicted molar refractivity (Wildman–Crippen MR) is 127 cm³/mol. The summed E-state index contributed by atoms with van der Waals surface area (Å²) in [4.78, 5) is 41.2. The summed E-state index contributed by atoms with van der Waals surface area (Å²) >= 11 is 3.44. The molecule has 7 heteroatoms. The molecule has 172 valence electrons. The summed E-state index contributed by atoms with van der Waals surface area (Å²) in [6.45, 7) is 6.09. The van der Waals surface area contributed by atoms with E-state index >= 15 is 0 Å². The van der Waals surface area contributed by atoms with Crippen LogP contribution in [0.5, 0.6) is 0 Å². The molecular formula is C25H31BrN2O4. The first-order chi connectivity index (χ1) is 15.3. The van der Waals surface area contributed by atoms with Crippen LogP contribution in [0, 0.1) is 13.8 Å². The van der Waals surface area contributed by atoms with E-state index in [-0.39, 0.29) is 24.3 Å². The number of hydrogen-bond donors (Lipinski definition) is 0. The van der Waals surface area contributed by atoms with Crippen LogP contribution in [0.25, 0.3) is 0 Å². The average molecular weight is 503 g/mol. The maximum absolute atomic E-state index is 13.6. The first-order valence-corrected chi connectivity index (χ1v) is 12.0. The average Bonchev–Trinajstić information content (AvgIpc) is 3.06. The van der Waals surface area contributed by atoms with Crippen LogP contribution >= 0.6 is 15.9 Å². The Labute approximate surface area is 198 Å². The molecule has 32 heavy (non-hydrogen) atoms. The molecule has 6 nitrogen and oxygen atoms in total. The van der Waals surface area contributed by atoms with E-state index in [1.165, 1.54) is 7.11 Å². The van der Waals surface area contributed by atoms with Gasteiger partial charge < -0.3 is 14.2 Å². The molecule has 1 saturated carbocycles. The first kappa shape index (κ1) is 24.2. The second-order valence-corrected chi connectivity index (χ2v) is 9.24. The zero-order valence-corrected chi connectivity index (χ0v) is 20.8. The largest absolute Gasteiger partial charge is 0.464 e. The standard InChI is InChI=1S/C25H31BrN2O4/c1-5-27-17(3)22(16(2)23(27)25(31)32-4)21(29)15-28(20-12-7-6-8-13-20)24(30)18-10-9-11-19(26)14-18/h9-11,14,20H,5-8,12-13,15H2,1-4H3. The van der Waals surface area contributed by atoms with Gasteiger partial charge in [0.2, 0.25) is 0 Å². The Bertz CT molecular complexity index is 1020. The van der Waals surface area contributed by atoms with Gasteiger partial charge in [0.05, 0.1) is 13.7 Å². The Balaban J connectivity index is 1.98. The van der Waals surface area contributed by atoms with Gasteiger partial charge in [-0.25, -0.2) is 4.79 Å². The number of rotatable bonds is 7. The van der Waals surface area contributed by atoms with Crippen molar-refractivity contribution in [3.63, 3.8) is 0 Å². The van der Waals surface area contributed by atoms with Crippen LogP contribution in [0.2, 0.25) is 0 Å². The van der Waals surface area contributed by atoms with Gasteiger partial charge in [-0.15, -0.1) is 0 Å². The summed E-state index contributed by atoms with van der Waals surface area (Å²) in [5.41, 5.74) is 2.81. The Morgan fingerprint density at radius 1 is 1.16 bits per heavy atom. The molecule has 1 amide bonds. The maximum Gasteiger partial charge on any atom is 0.354 e. The van der Waals surface area contributed by atoms with E-state index in [0.717, 1.165) is 42.3 Å². The molecule has 2 aromatic rings. The number of methoxy groups -OCH3 is 1. The lowest BCUT2D eigenvalue weighted by Gasteiger charge is -2.34. The molecule has 3 rings (SSSR count). The third kappa shape index (κ3) is 4.82. The number of ether oxygens (including phenoxy) is 1. The lowest BCUT2D eigenvalue weighted by atomic mass is 9.93. The predicted octanol–water partition coefficient (Wildman–Crippen LogP) is 5.33. The third-order valence-corrected chi connectivity index (χ3v) is 6.90. The van der Waals surface area contributed by atoms with E-state index in [4.69, 9.17) is 4.74 Å². The van der Waals surface area contributed by atoms with Gasteiger partial charge in [-0.3, -0.25) is 9.59 Å². The number of nitrogens with zero attached hydrogens (tertiary/aromatic N) is 2. The fraction of sp³-hybridized carbons (Fsp3) is 0.480. The van der Waals surface area contributed by atoms with Crippen LogP contribution in [-0.2, 0) is 11.3 Å². The Morgan fingerprint density at radius 2 is 1.84 bits per heavy atom. The van der Waals surface area contributed by atoms with Gasteiger partial charge in [0.1, 0.15) is 5.69 Å². The number of Topliss-reactive ketones (excluding diaryl/α,β-unsaturated/α-hetero) is 1. The molecule has 1 heterocycles. The molecule has 0 atom stereocenters. The molecule has 1 aromatic heterocycles. The third-order valence-electron chi connectivity index (χ3n) is 6.40. The number of carbonyl (C=O) groups is 3. The quantitative estimate of drug-likeness (QED) is 0.378. The molecule has 0 radical (unpaired) electrons. The molecule has 0 bridgehead atoms. The summed E-state index contributed by atoms with van der Waals surface area (Å²) < 4.78 is 7.59. The van der Waals surface area contributed by atoms with Crippen molar-refractivity contribution >= 4 is 33.6 Å². The Morgan fingerprint density at radius 3 is 2.44 bits per heavy atom. The van der Waals surface area contributed by atoms with Crippen LogP contribution in [0.1, 0.15) is 81.5 Å². The summed E-state index contributed by atoms with van der Waals surface area (Å²) in [6.07, 6.45) is 5.06. The maximum atomic E-state index is 13.6. The van der Waals surface area contributed by atoms with Crippen LogP contribution in [0.15, 0.2) is 28.7 Å². The van der Waals surface area contributed by atoms with E-state index in [1.54, 1.807) is 24.0 Å². The Kier molecular flexibility index (Phi) is 7.93. The van der Waals surface area contributed by atoms with Gasteiger partial charge in [-0.05, 0) is 57.4 Å². The molecule has 0 aliphatic heterocycles. The van der Waals surface area contributed by atoms with Gasteiger partial charge in [-0.1, -0.05) is 41.3 Å². The van der Waals surface area contributed by atoms with Crippen LogP contribution in [0.4, 0.5) is 0 Å². The van der Waals surface area contributed by atoms with Crippen molar-refractivity contribution in [3.05, 3.63) is 56.8 Å². The minimum absolute atomic E-state index is 0.00790. The summed E-state index contributed by atoms with van der Waals surface area (Å²) in [7, 11) is 1.34. The van der Waals surface area contributed by atoms with E-state index in [9.17, 15) is 14.4 Å². The summed E-state index contributed by atoms with van der Waals surface area (Å²) in [6, 6.07) is 7.32. The fourth-order valence-electron chi connectivity index (χ4n) is 4.84. The van der Waals surface area contributed by atoms with Gasteiger partial charge in [-0.2, -0.15) is 0 Å². The highest BCUT2D eigenvalue weighted by Crippen LogP contribution is 2.28. The molecule has 0 unspecified atom stereocenters. The SMILES string of the molecule is CCn1c(C)c(C(=O)CN(C(=O)c2cccc(Br)c2)C2CCCCC2)c(C)c1C(=O)OC. The fourth-order valence-corrected chi connectivity index (χ4v) is 5.24. The normalized spacial score (nSPS) is 14.3. The molecule has 0 spiro atoms. The molecular weight excluding hydrogens is 472 g/mol. The van der Waals surface area contributed by atoms with Crippen LogP contribution in [-0.4, -0.2) is 46.8 Å². The van der Waals surface area contributed by atoms with Crippen LogP contribution < -0.4 is 0 Å². The van der Waals surface area contributed by atoms with Crippen molar-refractivity contribution in [1.29, 1.82) is 0 Å². The highest BCUT2D eigenvalue weighted by molar-refractivity contribution is 9.10. The first-order valence-electron chi connectivity index (χ1n) is 11.2. The number of hydrogen-bond acceptors (Lipinski definition) is 4. The lowest BCUT2D eigenvalue weighted by molar-refractivity contribution is 0.0584. The topological polar surface area (TPSA) is 68.6 Å². The van der Waals surface area contributed by atoms with E-state index < -0.39 is 5.97 Å². The summed E-state index contributed by atoms with van der Waals surface area (Å²) in [5.74, 6) is -0.739. The van der Waals surface area contributed by atoms with Crippen molar-refractivity contribution in [3.8, 4) is 0 Å². The number of halogens is 1. The second-order valence-electron chi connectivity index (χ2n) is 8.33. The summed E-state index contributed by atoms with van der Waals surface area (Å²) in [5, 5.41) is 0. The minimum Gasteiger partial charge on any atom is -0.464 e. The number of carbonyl (C=O) groups excluding carboxylic acids is 3. The second kappa shape index (κ2) is 10.5. The van der Waals surface area contributed by atoms with Crippen molar-refractivity contribution in [1.82, 2.24) is 9.47 Å². The van der Waals surface area contributed by atoms with Crippen LogP contribution in [0.3, 0.4) is 0 Å². The van der Waals surface area contributed by atoms with E-state index in [1.807, 2.05) is 30.5 Å². The smallest absolute Gasteiger partial charge is 0.354 e. The minimum atomic E-state index is -0.458. The van der Waals surface area contributed by atoms with Crippen molar-refractivity contribution in [2.75, 3.05) is 13.7 Å². The number of aromatic nitrogens is 1. The lowest BCUT2D eigenvalue weighted by Crippen LogP contribution is -2.44.